The van der Waals surface area contributed by atoms with Crippen LogP contribution in [0.2, 0.25) is 0 Å². The van der Waals surface area contributed by atoms with E-state index >= 15 is 0 Å². The molecule has 0 atom stereocenters. The monoisotopic (exact) mass is 277 g/mol. The molecule has 0 saturated carbocycles. The molecule has 0 aromatic heterocycles. The number of halogens is 2. The topological polar surface area (TPSA) is 0 Å². The van der Waals surface area contributed by atoms with E-state index in [9.17, 15) is 0 Å². The summed E-state index contributed by atoms with van der Waals surface area (Å²) in [6.45, 7) is 0. The number of hydrogen-bond donors (Lipinski definition) is 0. The normalized spacial score (nSPS) is 21.0. The van der Waals surface area contributed by atoms with Crippen molar-refractivity contribution in [1.29, 1.82) is 0 Å². The van der Waals surface area contributed by atoms with Gasteiger partial charge in [-0.1, -0.05) is 0 Å². The molecule has 0 saturated heterocycles. The molecule has 0 heterocycles. The van der Waals surface area contributed by atoms with E-state index in [-0.39, 0.29) is 0 Å². The van der Waals surface area contributed by atoms with Crippen molar-refractivity contribution >= 4 is 17.0 Å². The van der Waals surface area contributed by atoms with Crippen LogP contribution in [0.15, 0.2) is 32.7 Å². The molecular weight excluding hydrogens is 270 g/mol. The van der Waals surface area contributed by atoms with E-state index in [1.54, 1.807) is 0 Å². The van der Waals surface area contributed by atoms with Crippen LogP contribution in [-0.4, -0.2) is 0 Å². The Morgan fingerprint density at radius 2 is 2.08 bits per heavy atom. The summed E-state index contributed by atoms with van der Waals surface area (Å²) in [7, 11) is 12.0. The maximum atomic E-state index is 6.02. The molecular formula is C9H9Cl2Zr. The predicted octanol–water partition coefficient (Wildman–Crippen LogP) is 3.85. The van der Waals surface area contributed by atoms with Gasteiger partial charge in [-0.2, -0.15) is 0 Å². The molecule has 2 aliphatic rings. The van der Waals surface area contributed by atoms with Crippen molar-refractivity contribution in [1.82, 2.24) is 0 Å². The van der Waals surface area contributed by atoms with E-state index in [2.05, 4.69) is 18.2 Å². The van der Waals surface area contributed by atoms with Crippen LogP contribution in [0.1, 0.15) is 19.3 Å². The Balaban J connectivity index is 2.29. The average molecular weight is 279 g/mol. The number of allylic oxidation sites excluding steroid dienone is 6. The van der Waals surface area contributed by atoms with Crippen molar-refractivity contribution in [3.8, 4) is 0 Å². The van der Waals surface area contributed by atoms with Crippen molar-refractivity contribution in [2.45, 2.75) is 19.3 Å². The fourth-order valence-electron chi connectivity index (χ4n) is 1.70. The second kappa shape index (κ2) is 3.82. The third-order valence-corrected chi connectivity index (χ3v) is 6.77. The van der Waals surface area contributed by atoms with Gasteiger partial charge in [-0.05, 0) is 0 Å². The van der Waals surface area contributed by atoms with Crippen LogP contribution < -0.4 is 0 Å². The Bertz CT molecular complexity index is 287. The summed E-state index contributed by atoms with van der Waals surface area (Å²) in [4.78, 5) is 0. The van der Waals surface area contributed by atoms with Crippen LogP contribution >= 0.6 is 17.0 Å². The summed E-state index contributed by atoms with van der Waals surface area (Å²) in [5.41, 5.74) is 2.83. The third kappa shape index (κ3) is 1.64. The van der Waals surface area contributed by atoms with Gasteiger partial charge in [0, 0.05) is 0 Å². The minimum atomic E-state index is -2.16. The van der Waals surface area contributed by atoms with Crippen molar-refractivity contribution < 1.29 is 19.4 Å². The molecule has 12 heavy (non-hydrogen) atoms. The number of fused-ring (bicyclic) bond motifs is 1. The van der Waals surface area contributed by atoms with Gasteiger partial charge in [0.1, 0.15) is 0 Å². The van der Waals surface area contributed by atoms with Crippen molar-refractivity contribution in [3.05, 3.63) is 32.7 Å². The third-order valence-electron chi connectivity index (χ3n) is 2.29. The Hall–Kier alpha value is 0.683. The molecule has 0 unspecified atom stereocenters. The first-order valence-electron chi connectivity index (χ1n) is 4.09. The zero-order valence-electron chi connectivity index (χ0n) is 6.61. The van der Waals surface area contributed by atoms with Crippen LogP contribution in [0.4, 0.5) is 0 Å². The first kappa shape index (κ1) is 9.25. The summed E-state index contributed by atoms with van der Waals surface area (Å²) in [5.74, 6) is 0. The predicted molar refractivity (Wildman–Crippen MR) is 49.8 cm³/mol. The summed E-state index contributed by atoms with van der Waals surface area (Å²) >= 11 is -2.16. The van der Waals surface area contributed by atoms with Gasteiger partial charge in [0.15, 0.2) is 0 Å². The molecule has 2 rings (SSSR count). The Labute approximate surface area is 87.7 Å². The van der Waals surface area contributed by atoms with Gasteiger partial charge in [0.05, 0.1) is 0 Å². The van der Waals surface area contributed by atoms with E-state index in [0.717, 1.165) is 0 Å². The van der Waals surface area contributed by atoms with Crippen molar-refractivity contribution in [3.63, 3.8) is 0 Å². The van der Waals surface area contributed by atoms with E-state index in [0.29, 0.717) is 0 Å². The van der Waals surface area contributed by atoms with E-state index in [4.69, 9.17) is 17.0 Å². The first-order valence-corrected chi connectivity index (χ1v) is 11.6. The van der Waals surface area contributed by atoms with Crippen LogP contribution in [0.5, 0.6) is 0 Å². The van der Waals surface area contributed by atoms with Gasteiger partial charge >= 0.3 is 88.3 Å². The molecule has 0 nitrogen and oxygen atoms in total. The van der Waals surface area contributed by atoms with Gasteiger partial charge in [-0.15, -0.1) is 0 Å². The van der Waals surface area contributed by atoms with Gasteiger partial charge in [-0.3, -0.25) is 0 Å². The molecule has 63 valence electrons. The fourth-order valence-corrected chi connectivity index (χ4v) is 5.31. The fraction of sp³-hybridized carbons (Fsp3) is 0.333. The number of hydrogen-bond acceptors (Lipinski definition) is 0. The molecule has 0 fully saturated rings. The summed E-state index contributed by atoms with van der Waals surface area (Å²) in [5, 5.41) is 0. The number of rotatable bonds is 1. The van der Waals surface area contributed by atoms with Gasteiger partial charge < -0.3 is 0 Å². The molecule has 0 aliphatic heterocycles. The quantitative estimate of drug-likeness (QED) is 0.684. The van der Waals surface area contributed by atoms with Crippen molar-refractivity contribution in [2.75, 3.05) is 0 Å². The molecule has 0 spiro atoms. The van der Waals surface area contributed by atoms with Crippen LogP contribution in [-0.2, 0) is 19.4 Å². The Kier molecular flexibility index (Phi) is 2.94. The van der Waals surface area contributed by atoms with Crippen LogP contribution in [0.3, 0.4) is 0 Å². The van der Waals surface area contributed by atoms with Crippen LogP contribution in [0.25, 0.3) is 0 Å². The Morgan fingerprint density at radius 1 is 1.25 bits per heavy atom. The van der Waals surface area contributed by atoms with Crippen LogP contribution in [0, 0.1) is 0 Å². The van der Waals surface area contributed by atoms with Crippen molar-refractivity contribution in [2.24, 2.45) is 0 Å². The maximum absolute atomic E-state index is 6.02. The summed E-state index contributed by atoms with van der Waals surface area (Å²) < 4.78 is 1.27. The van der Waals surface area contributed by atoms with E-state index in [1.165, 1.54) is 33.7 Å². The summed E-state index contributed by atoms with van der Waals surface area (Å²) in [6, 6.07) is 0. The minimum absolute atomic E-state index is 1.19. The molecule has 0 N–H and O–H groups in total. The zero-order chi connectivity index (χ0) is 8.55. The molecule has 0 bridgehead atoms. The van der Waals surface area contributed by atoms with E-state index in [1.807, 2.05) is 0 Å². The molecule has 2 aliphatic carbocycles. The van der Waals surface area contributed by atoms with E-state index < -0.39 is 19.4 Å². The second-order valence-electron chi connectivity index (χ2n) is 3.04. The SMILES string of the molecule is [Cl][Zr]([Cl])[C]1=CC=C2CCCC=C21. The van der Waals surface area contributed by atoms with Gasteiger partial charge in [-0.25, -0.2) is 0 Å². The Morgan fingerprint density at radius 3 is 2.83 bits per heavy atom. The molecule has 0 aromatic rings. The van der Waals surface area contributed by atoms with Gasteiger partial charge in [0.25, 0.3) is 0 Å². The molecule has 0 radical (unpaired) electrons. The zero-order valence-corrected chi connectivity index (χ0v) is 10.6. The molecule has 3 heteroatoms. The molecule has 0 amide bonds. The second-order valence-corrected chi connectivity index (χ2v) is 11.3. The average Bonchev–Trinajstić information content (AvgIpc) is 2.47. The standard InChI is InChI=1S/C9H9.2ClH.Zr/c1-2-5-9-7-3-6-8(9)4-1;;;/h3-4,7H,1-2,5H2;2*1H;/q;;;+2/p-2. The molecule has 0 aromatic carbocycles. The summed E-state index contributed by atoms with van der Waals surface area (Å²) in [6.07, 6.45) is 10.3. The first-order chi connectivity index (χ1) is 5.79. The van der Waals surface area contributed by atoms with Gasteiger partial charge in [0.2, 0.25) is 0 Å².